The minimum absolute atomic E-state index is 0.530. The Morgan fingerprint density at radius 2 is 2.00 bits per heavy atom. The minimum atomic E-state index is -5.10. The molecule has 0 fully saturated rings. The topological polar surface area (TPSA) is 101 Å². The van der Waals surface area contributed by atoms with Crippen molar-refractivity contribution < 1.29 is 37.1 Å². The highest BCUT2D eigenvalue weighted by Gasteiger charge is 2.37. The summed E-state index contributed by atoms with van der Waals surface area (Å²) in [5.41, 5.74) is -0.713. The molecule has 1 rings (SSSR count). The summed E-state index contributed by atoms with van der Waals surface area (Å²) in [6.07, 6.45) is -5.10. The number of alkyl halides is 3. The van der Waals surface area contributed by atoms with E-state index in [4.69, 9.17) is 0 Å². The van der Waals surface area contributed by atoms with E-state index in [0.717, 1.165) is 14.2 Å². The summed E-state index contributed by atoms with van der Waals surface area (Å²) in [5, 5.41) is 10.8. The van der Waals surface area contributed by atoms with Gasteiger partial charge in [-0.2, -0.15) is 0 Å². The second kappa shape index (κ2) is 5.59. The maximum atomic E-state index is 12.1. The molecular formula is C9H7F3N2O6. The molecule has 0 saturated carbocycles. The molecule has 0 radical (unpaired) electrons. The number of hydrogen-bond donors (Lipinski definition) is 0. The van der Waals surface area contributed by atoms with Crippen molar-refractivity contribution in [2.24, 2.45) is 0 Å². The zero-order valence-electron chi connectivity index (χ0n) is 10.1. The maximum absolute atomic E-state index is 12.1. The molecule has 0 aliphatic carbocycles. The number of nitro groups is 1. The van der Waals surface area contributed by atoms with E-state index in [1.165, 1.54) is 0 Å². The van der Waals surface area contributed by atoms with Gasteiger partial charge in [0.15, 0.2) is 5.56 Å². The predicted molar refractivity (Wildman–Crippen MR) is 55.5 cm³/mol. The van der Waals surface area contributed by atoms with Gasteiger partial charge in [0.25, 0.3) is 0 Å². The summed E-state index contributed by atoms with van der Waals surface area (Å²) >= 11 is 0. The lowest BCUT2D eigenvalue weighted by atomic mass is 10.2. The first kappa shape index (κ1) is 15.5. The molecule has 0 N–H and O–H groups in total. The molecule has 0 amide bonds. The zero-order valence-corrected chi connectivity index (χ0v) is 10.1. The van der Waals surface area contributed by atoms with E-state index < -0.39 is 40.3 Å². The van der Waals surface area contributed by atoms with Crippen molar-refractivity contribution >= 4 is 11.8 Å². The average Bonchev–Trinajstić information content (AvgIpc) is 2.34. The van der Waals surface area contributed by atoms with Crippen molar-refractivity contribution in [3.63, 3.8) is 0 Å². The number of carbonyl (C=O) groups excluding carboxylic acids is 1. The van der Waals surface area contributed by atoms with Crippen molar-refractivity contribution in [3.8, 4) is 11.6 Å². The summed E-state index contributed by atoms with van der Waals surface area (Å²) in [5.74, 6) is -4.01. The fourth-order valence-electron chi connectivity index (χ4n) is 1.24. The Bertz CT molecular complexity index is 545. The molecule has 8 nitrogen and oxygen atoms in total. The smallest absolute Gasteiger partial charge is 0.495 e. The second-order valence-electron chi connectivity index (χ2n) is 3.16. The molecule has 0 spiro atoms. The highest BCUT2D eigenvalue weighted by Crippen LogP contribution is 2.33. The number of halogens is 3. The highest BCUT2D eigenvalue weighted by atomic mass is 19.4. The molecule has 0 aliphatic heterocycles. The lowest BCUT2D eigenvalue weighted by molar-refractivity contribution is -0.390. The van der Waals surface area contributed by atoms with Gasteiger partial charge in [-0.3, -0.25) is 0 Å². The van der Waals surface area contributed by atoms with Crippen LogP contribution in [0, 0.1) is 10.1 Å². The van der Waals surface area contributed by atoms with Crippen LogP contribution in [0.1, 0.15) is 10.4 Å². The largest absolute Gasteiger partial charge is 0.575 e. The number of esters is 1. The molecule has 0 unspecified atom stereocenters. The van der Waals surface area contributed by atoms with Crippen molar-refractivity contribution in [1.82, 2.24) is 4.98 Å². The van der Waals surface area contributed by atoms with Crippen LogP contribution in [-0.2, 0) is 4.74 Å². The first-order valence-corrected chi connectivity index (χ1v) is 4.77. The number of ether oxygens (including phenoxy) is 3. The zero-order chi connectivity index (χ0) is 15.5. The predicted octanol–water partition coefficient (Wildman–Crippen LogP) is 1.68. The number of hydrogen-bond acceptors (Lipinski definition) is 7. The molecule has 0 aliphatic rings. The van der Waals surface area contributed by atoms with Gasteiger partial charge in [-0.1, -0.05) is 0 Å². The Kier molecular flexibility index (Phi) is 4.32. The van der Waals surface area contributed by atoms with Crippen LogP contribution in [0.4, 0.5) is 19.0 Å². The molecule has 0 atom stereocenters. The van der Waals surface area contributed by atoms with Crippen LogP contribution in [0.25, 0.3) is 0 Å². The second-order valence-corrected chi connectivity index (χ2v) is 3.16. The van der Waals surface area contributed by atoms with Crippen LogP contribution in [0.5, 0.6) is 11.6 Å². The van der Waals surface area contributed by atoms with Gasteiger partial charge in [0.1, 0.15) is 5.75 Å². The number of rotatable bonds is 4. The quantitative estimate of drug-likeness (QED) is 0.473. The summed E-state index contributed by atoms with van der Waals surface area (Å²) in [4.78, 5) is 24.0. The van der Waals surface area contributed by atoms with Crippen LogP contribution in [0.2, 0.25) is 0 Å². The van der Waals surface area contributed by atoms with Crippen molar-refractivity contribution in [2.45, 2.75) is 6.36 Å². The Balaban J connectivity index is 3.46. The summed E-state index contributed by atoms with van der Waals surface area (Å²) < 4.78 is 48.6. The van der Waals surface area contributed by atoms with Crippen molar-refractivity contribution in [2.75, 3.05) is 14.2 Å². The SMILES string of the molecule is COC(=O)c1c(OC)cc(OC(F)(F)F)nc1[N+](=O)[O-]. The molecule has 110 valence electrons. The highest BCUT2D eigenvalue weighted by molar-refractivity contribution is 5.96. The lowest BCUT2D eigenvalue weighted by Gasteiger charge is -2.09. The van der Waals surface area contributed by atoms with Crippen molar-refractivity contribution in [1.29, 1.82) is 0 Å². The maximum Gasteiger partial charge on any atom is 0.575 e. The van der Waals surface area contributed by atoms with Crippen LogP contribution in [-0.4, -0.2) is 36.5 Å². The third-order valence-electron chi connectivity index (χ3n) is 1.94. The first-order valence-electron chi connectivity index (χ1n) is 4.77. The van der Waals surface area contributed by atoms with Gasteiger partial charge in [0.2, 0.25) is 0 Å². The molecule has 20 heavy (non-hydrogen) atoms. The number of pyridine rings is 1. The molecule has 1 aromatic rings. The number of methoxy groups -OCH3 is 2. The Hall–Kier alpha value is -2.59. The normalized spacial score (nSPS) is 10.8. The fourth-order valence-corrected chi connectivity index (χ4v) is 1.24. The van der Waals surface area contributed by atoms with Crippen LogP contribution >= 0.6 is 0 Å². The van der Waals surface area contributed by atoms with E-state index in [9.17, 15) is 28.1 Å². The van der Waals surface area contributed by atoms with E-state index in [0.29, 0.717) is 6.07 Å². The van der Waals surface area contributed by atoms with Gasteiger partial charge in [-0.25, -0.2) is 4.79 Å². The third kappa shape index (κ3) is 3.46. The number of nitrogens with zero attached hydrogens (tertiary/aromatic N) is 2. The monoisotopic (exact) mass is 296 g/mol. The van der Waals surface area contributed by atoms with Crippen LogP contribution in [0.3, 0.4) is 0 Å². The molecular weight excluding hydrogens is 289 g/mol. The van der Waals surface area contributed by atoms with Crippen molar-refractivity contribution in [3.05, 3.63) is 21.7 Å². The molecule has 1 heterocycles. The molecule has 0 aromatic carbocycles. The Morgan fingerprint density at radius 3 is 2.40 bits per heavy atom. The fraction of sp³-hybridized carbons (Fsp3) is 0.333. The third-order valence-corrected chi connectivity index (χ3v) is 1.94. The van der Waals surface area contributed by atoms with E-state index >= 15 is 0 Å². The van der Waals surface area contributed by atoms with Gasteiger partial charge in [-0.05, 0) is 4.92 Å². The number of carbonyl (C=O) groups is 1. The van der Waals surface area contributed by atoms with Gasteiger partial charge < -0.3 is 24.3 Å². The van der Waals surface area contributed by atoms with E-state index in [1.54, 1.807) is 0 Å². The van der Waals surface area contributed by atoms with Gasteiger partial charge in [0, 0.05) is 4.98 Å². The molecule has 0 bridgehead atoms. The van der Waals surface area contributed by atoms with Gasteiger partial charge in [0.05, 0.1) is 20.3 Å². The minimum Gasteiger partial charge on any atom is -0.495 e. The van der Waals surface area contributed by atoms with E-state index in [-0.39, 0.29) is 0 Å². The summed E-state index contributed by atoms with van der Waals surface area (Å²) in [6.45, 7) is 0. The number of aromatic nitrogens is 1. The molecule has 0 saturated heterocycles. The Morgan fingerprint density at radius 1 is 1.40 bits per heavy atom. The first-order chi connectivity index (χ1) is 9.19. The van der Waals surface area contributed by atoms with E-state index in [2.05, 4.69) is 19.2 Å². The lowest BCUT2D eigenvalue weighted by Crippen LogP contribution is -2.19. The standard InChI is InChI=1S/C9H7F3N2O6/c1-18-4-3-5(20-9(10,11)12)13-7(14(16)17)6(4)8(15)19-2/h3H,1-2H3. The van der Waals surface area contributed by atoms with Gasteiger partial charge >= 0.3 is 24.0 Å². The average molecular weight is 296 g/mol. The summed E-state index contributed by atoms with van der Waals surface area (Å²) in [7, 11) is 1.94. The summed E-state index contributed by atoms with van der Waals surface area (Å²) in [6, 6.07) is 0.590. The van der Waals surface area contributed by atoms with Crippen LogP contribution in [0.15, 0.2) is 6.07 Å². The molecule has 11 heteroatoms. The molecule has 1 aromatic heterocycles. The van der Waals surface area contributed by atoms with Crippen LogP contribution < -0.4 is 9.47 Å². The Labute approximate surface area is 109 Å². The van der Waals surface area contributed by atoms with E-state index in [1.807, 2.05) is 0 Å². The van der Waals surface area contributed by atoms with Gasteiger partial charge in [-0.15, -0.1) is 13.2 Å².